The monoisotopic (exact) mass is 335 g/mol. The van der Waals surface area contributed by atoms with E-state index in [-0.39, 0.29) is 4.90 Å². The van der Waals surface area contributed by atoms with Gasteiger partial charge in [-0.05, 0) is 36.4 Å². The molecule has 4 rings (SSSR count). The van der Waals surface area contributed by atoms with Gasteiger partial charge in [0.15, 0.2) is 6.04 Å². The van der Waals surface area contributed by atoms with Crippen LogP contribution in [0.3, 0.4) is 0 Å². The molecule has 1 aliphatic rings. The third kappa shape index (κ3) is 1.95. The van der Waals surface area contributed by atoms with Gasteiger partial charge >= 0.3 is 0 Å². The van der Waals surface area contributed by atoms with E-state index in [4.69, 9.17) is 0 Å². The van der Waals surface area contributed by atoms with Gasteiger partial charge in [-0.15, -0.1) is 0 Å². The highest BCUT2D eigenvalue weighted by Gasteiger charge is 2.39. The molecule has 6 heteroatoms. The maximum absolute atomic E-state index is 13.2. The maximum Gasteiger partial charge on any atom is 0.265 e. The zero-order valence-corrected chi connectivity index (χ0v) is 13.4. The molecule has 0 radical (unpaired) electrons. The summed E-state index contributed by atoms with van der Waals surface area (Å²) in [7, 11) is -3.86. The van der Waals surface area contributed by atoms with Gasteiger partial charge in [0, 0.05) is 6.20 Å². The van der Waals surface area contributed by atoms with Gasteiger partial charge in [-0.25, -0.2) is 12.7 Å². The molecule has 1 aromatic heterocycles. The number of hydrogen-bond acceptors (Lipinski definition) is 3. The first-order chi connectivity index (χ1) is 11.6. The first-order valence-corrected chi connectivity index (χ1v) is 8.84. The average molecular weight is 335 g/mol. The van der Waals surface area contributed by atoms with Gasteiger partial charge in [-0.1, -0.05) is 30.3 Å². The zero-order valence-electron chi connectivity index (χ0n) is 12.6. The zero-order chi connectivity index (χ0) is 16.7. The fraction of sp³-hybridized carbons (Fsp3) is 0.0556. The van der Waals surface area contributed by atoms with Crippen LogP contribution in [-0.2, 0) is 10.0 Å². The first-order valence-electron chi connectivity index (χ1n) is 7.40. The van der Waals surface area contributed by atoms with Gasteiger partial charge in [0.2, 0.25) is 0 Å². The van der Waals surface area contributed by atoms with E-state index in [1.165, 1.54) is 4.31 Å². The molecular formula is C18H13N3O2S. The van der Waals surface area contributed by atoms with E-state index in [2.05, 4.69) is 6.07 Å². The Bertz CT molecular complexity index is 1050. The minimum atomic E-state index is -3.86. The molecule has 2 heterocycles. The molecule has 1 atom stereocenters. The average Bonchev–Trinajstić information content (AvgIpc) is 3.11. The lowest BCUT2D eigenvalue weighted by molar-refractivity contribution is 0.583. The normalized spacial score (nSPS) is 16.1. The lowest BCUT2D eigenvalue weighted by atomic mass is 10.1. The van der Waals surface area contributed by atoms with E-state index in [0.717, 1.165) is 5.69 Å². The fourth-order valence-electron chi connectivity index (χ4n) is 3.04. The van der Waals surface area contributed by atoms with Crippen LogP contribution in [0.4, 0.5) is 5.69 Å². The van der Waals surface area contributed by atoms with Crippen LogP contribution in [-0.4, -0.2) is 13.0 Å². The van der Waals surface area contributed by atoms with Crippen molar-refractivity contribution in [2.75, 3.05) is 4.31 Å². The lowest BCUT2D eigenvalue weighted by Gasteiger charge is -2.35. The number of sulfonamides is 1. The van der Waals surface area contributed by atoms with Gasteiger partial charge in [-0.2, -0.15) is 5.26 Å². The molecule has 0 aliphatic carbocycles. The van der Waals surface area contributed by atoms with Gasteiger partial charge in [0.25, 0.3) is 10.0 Å². The summed E-state index contributed by atoms with van der Waals surface area (Å²) in [6.07, 6.45) is 1.84. The number of anilines is 1. The van der Waals surface area contributed by atoms with Crippen molar-refractivity contribution in [3.63, 3.8) is 0 Å². The van der Waals surface area contributed by atoms with Gasteiger partial charge in [-0.3, -0.25) is 0 Å². The highest BCUT2D eigenvalue weighted by atomic mass is 32.2. The first kappa shape index (κ1) is 14.5. The number of hydrogen-bond donors (Lipinski definition) is 0. The van der Waals surface area contributed by atoms with Crippen LogP contribution >= 0.6 is 0 Å². The van der Waals surface area contributed by atoms with Crippen molar-refractivity contribution in [1.29, 1.82) is 5.26 Å². The van der Waals surface area contributed by atoms with E-state index in [1.807, 2.05) is 29.0 Å². The van der Waals surface area contributed by atoms with Gasteiger partial charge in [0.05, 0.1) is 28.0 Å². The highest BCUT2D eigenvalue weighted by Crippen LogP contribution is 2.41. The smallest absolute Gasteiger partial charge is 0.265 e. The van der Waals surface area contributed by atoms with Crippen molar-refractivity contribution < 1.29 is 8.42 Å². The summed E-state index contributed by atoms with van der Waals surface area (Å²) in [5.74, 6) is 0. The third-order valence-electron chi connectivity index (χ3n) is 4.10. The van der Waals surface area contributed by atoms with Crippen LogP contribution in [0, 0.1) is 11.3 Å². The molecule has 0 amide bonds. The summed E-state index contributed by atoms with van der Waals surface area (Å²) in [4.78, 5) is 0.167. The van der Waals surface area contributed by atoms with Crippen molar-refractivity contribution in [2.24, 2.45) is 0 Å². The molecule has 3 aromatic rings. The molecule has 0 fully saturated rings. The summed E-state index contributed by atoms with van der Waals surface area (Å²) in [5.41, 5.74) is 1.87. The molecule has 2 aromatic carbocycles. The van der Waals surface area contributed by atoms with Crippen LogP contribution in [0.15, 0.2) is 77.8 Å². The molecule has 5 nitrogen and oxygen atoms in total. The molecule has 0 bridgehead atoms. The summed E-state index contributed by atoms with van der Waals surface area (Å²) in [5, 5.41) is 9.69. The largest absolute Gasteiger partial charge is 0.316 e. The molecule has 1 aliphatic heterocycles. The van der Waals surface area contributed by atoms with Gasteiger partial charge in [0.1, 0.15) is 0 Å². The Hall–Kier alpha value is -3.04. The lowest BCUT2D eigenvalue weighted by Crippen LogP contribution is -2.38. The van der Waals surface area contributed by atoms with E-state index in [0.29, 0.717) is 11.4 Å². The molecule has 118 valence electrons. The second-order valence-electron chi connectivity index (χ2n) is 5.44. The Kier molecular flexibility index (Phi) is 3.18. The Balaban J connectivity index is 2.00. The topological polar surface area (TPSA) is 66.1 Å². The number of rotatable bonds is 2. The maximum atomic E-state index is 13.2. The van der Waals surface area contributed by atoms with E-state index >= 15 is 0 Å². The third-order valence-corrected chi connectivity index (χ3v) is 5.89. The van der Waals surface area contributed by atoms with Gasteiger partial charge < -0.3 is 4.57 Å². The molecule has 24 heavy (non-hydrogen) atoms. The molecule has 0 spiro atoms. The minimum absolute atomic E-state index is 0.167. The van der Waals surface area contributed by atoms with Crippen LogP contribution in [0.1, 0.15) is 11.7 Å². The van der Waals surface area contributed by atoms with Crippen LogP contribution < -0.4 is 4.31 Å². The molecule has 1 unspecified atom stereocenters. The second kappa shape index (κ2) is 5.25. The second-order valence-corrected chi connectivity index (χ2v) is 7.25. The SMILES string of the molecule is N#CC1c2cccn2-c2ccccc2N1S(=O)(=O)c1ccccc1. The van der Waals surface area contributed by atoms with E-state index < -0.39 is 16.1 Å². The Morgan fingerprint density at radius 1 is 0.875 bits per heavy atom. The molecule has 0 N–H and O–H groups in total. The molecule has 0 saturated carbocycles. The molecule has 0 saturated heterocycles. The van der Waals surface area contributed by atoms with Crippen molar-refractivity contribution in [1.82, 2.24) is 4.57 Å². The highest BCUT2D eigenvalue weighted by molar-refractivity contribution is 7.92. The standard InChI is InChI=1S/C18H13N3O2S/c19-13-18-16-11-6-12-20(16)15-9-4-5-10-17(15)21(18)24(22,23)14-7-2-1-3-8-14/h1-12,18H. The summed E-state index contributed by atoms with van der Waals surface area (Å²) >= 11 is 0. The summed E-state index contributed by atoms with van der Waals surface area (Å²) < 4.78 is 29.5. The van der Waals surface area contributed by atoms with Crippen molar-refractivity contribution in [3.05, 3.63) is 78.6 Å². The van der Waals surface area contributed by atoms with E-state index in [1.54, 1.807) is 48.5 Å². The van der Waals surface area contributed by atoms with Crippen molar-refractivity contribution >= 4 is 15.7 Å². The summed E-state index contributed by atoms with van der Waals surface area (Å²) in [6, 6.07) is 20.2. The van der Waals surface area contributed by atoms with Crippen molar-refractivity contribution in [3.8, 4) is 11.8 Å². The molecular weight excluding hydrogens is 322 g/mol. The van der Waals surface area contributed by atoms with E-state index in [9.17, 15) is 13.7 Å². The van der Waals surface area contributed by atoms with Crippen molar-refractivity contribution in [2.45, 2.75) is 10.9 Å². The number of nitrogens with zero attached hydrogens (tertiary/aromatic N) is 3. The predicted octanol–water partition coefficient (Wildman–Crippen LogP) is 3.25. The summed E-state index contributed by atoms with van der Waals surface area (Å²) in [6.45, 7) is 0. The number of aromatic nitrogens is 1. The van der Waals surface area contributed by atoms with Crippen LogP contribution in [0.25, 0.3) is 5.69 Å². The minimum Gasteiger partial charge on any atom is -0.316 e. The number of benzene rings is 2. The van der Waals surface area contributed by atoms with Crippen LogP contribution in [0.5, 0.6) is 0 Å². The van der Waals surface area contributed by atoms with Crippen LogP contribution in [0.2, 0.25) is 0 Å². The number of nitriles is 1. The Morgan fingerprint density at radius 3 is 2.25 bits per heavy atom. The number of fused-ring (bicyclic) bond motifs is 3. The Morgan fingerprint density at radius 2 is 1.54 bits per heavy atom. The number of para-hydroxylation sites is 2. The quantitative estimate of drug-likeness (QED) is 0.722. The predicted molar refractivity (Wildman–Crippen MR) is 90.2 cm³/mol. The fourth-order valence-corrected chi connectivity index (χ4v) is 4.62. The Labute approximate surface area is 140 Å².